The molecule has 6 aromatic carbocycles. The second-order valence-electron chi connectivity index (χ2n) is 14.2. The number of hydrogen-bond donors (Lipinski definition) is 0. The van der Waals surface area contributed by atoms with Gasteiger partial charge in [0.15, 0.2) is 0 Å². The third-order valence-corrected chi connectivity index (χ3v) is 11.0. The fourth-order valence-electron chi connectivity index (χ4n) is 8.40. The van der Waals surface area contributed by atoms with Crippen LogP contribution in [0, 0.1) is 13.8 Å². The summed E-state index contributed by atoms with van der Waals surface area (Å²) in [6.45, 7) is 4.13. The Hall–Kier alpha value is -7.44. The van der Waals surface area contributed by atoms with E-state index in [4.69, 9.17) is 0 Å². The summed E-state index contributed by atoms with van der Waals surface area (Å²) in [4.78, 5) is 40.3. The summed E-state index contributed by atoms with van der Waals surface area (Å²) in [6, 6.07) is 48.4. The zero-order chi connectivity index (χ0) is 37.9. The lowest BCUT2D eigenvalue weighted by atomic mass is 9.97. The van der Waals surface area contributed by atoms with Crippen LogP contribution in [0.4, 0.5) is 5.69 Å². The maximum atomic E-state index is 15.3. The molecule has 1 aliphatic rings. The van der Waals surface area contributed by atoms with Crippen molar-refractivity contribution in [1.29, 1.82) is 0 Å². The highest BCUT2D eigenvalue weighted by Crippen LogP contribution is 2.46. The van der Waals surface area contributed by atoms with Gasteiger partial charge in [-0.05, 0) is 83.1 Å². The summed E-state index contributed by atoms with van der Waals surface area (Å²) in [5, 5.41) is 2.07. The first-order valence-corrected chi connectivity index (χ1v) is 18.6. The molecule has 4 heterocycles. The van der Waals surface area contributed by atoms with E-state index >= 15 is 4.79 Å². The van der Waals surface area contributed by atoms with Crippen LogP contribution in [-0.2, 0) is 0 Å². The largest absolute Gasteiger partial charge is 0.307 e. The maximum absolute atomic E-state index is 15.3. The molecular weight excluding hydrogens is 689 g/mol. The van der Waals surface area contributed by atoms with Crippen molar-refractivity contribution in [3.05, 3.63) is 193 Å². The molecule has 0 N–H and O–H groups in total. The highest BCUT2D eigenvalue weighted by atomic mass is 16.2. The van der Waals surface area contributed by atoms with Crippen LogP contribution < -0.4 is 4.90 Å². The average Bonchev–Trinajstić information content (AvgIpc) is 3.72. The number of benzene rings is 6. The lowest BCUT2D eigenvalue weighted by Gasteiger charge is -2.20. The minimum absolute atomic E-state index is 0.356. The number of nitrogens with zero attached hydrogens (tertiary/aromatic N) is 4. The molecule has 0 saturated heterocycles. The number of pyridine rings is 2. The van der Waals surface area contributed by atoms with E-state index in [-0.39, 0.29) is 11.8 Å². The number of rotatable bonds is 6. The van der Waals surface area contributed by atoms with Crippen molar-refractivity contribution in [2.24, 2.45) is 0 Å². The zero-order valence-corrected chi connectivity index (χ0v) is 30.8. The van der Waals surface area contributed by atoms with Crippen molar-refractivity contribution in [3.63, 3.8) is 0 Å². The molecule has 0 bridgehead atoms. The van der Waals surface area contributed by atoms with E-state index in [0.717, 1.165) is 77.4 Å². The van der Waals surface area contributed by atoms with Crippen molar-refractivity contribution in [3.8, 4) is 50.2 Å². The normalized spacial score (nSPS) is 12.5. The van der Waals surface area contributed by atoms with Crippen LogP contribution >= 0.6 is 0 Å². The maximum Gasteiger partial charge on any atom is 0.268 e. The Labute approximate surface area is 324 Å². The van der Waals surface area contributed by atoms with Crippen molar-refractivity contribution >= 4 is 39.3 Å². The average molecular weight is 723 g/mol. The summed E-state index contributed by atoms with van der Waals surface area (Å²) < 4.78 is 2.21. The lowest BCUT2D eigenvalue weighted by Crippen LogP contribution is -2.30. The highest BCUT2D eigenvalue weighted by molar-refractivity contribution is 6.37. The Balaban J connectivity index is 1.27. The number of aryl methyl sites for hydroxylation is 2. The van der Waals surface area contributed by atoms with Gasteiger partial charge < -0.3 is 4.57 Å². The number of amides is 2. The molecule has 0 atom stereocenters. The Morgan fingerprint density at radius 3 is 1.57 bits per heavy atom. The number of anilines is 1. The van der Waals surface area contributed by atoms with Gasteiger partial charge in [-0.15, -0.1) is 0 Å². The van der Waals surface area contributed by atoms with Crippen LogP contribution in [0.1, 0.15) is 31.8 Å². The SMILES string of the molecule is Cc1cnccc1-c1cccc2c3cccc(-c4ccncc4C)c3n(-c3cccc4c3C(=O)N(c3cc(-c5ccccc5)ccc3-c3ccccc3)C4=O)c12. The van der Waals surface area contributed by atoms with E-state index in [2.05, 4.69) is 64.8 Å². The number of imide groups is 1. The molecule has 6 nitrogen and oxygen atoms in total. The molecule has 10 rings (SSSR count). The van der Waals surface area contributed by atoms with Gasteiger partial charge in [-0.3, -0.25) is 19.6 Å². The second kappa shape index (κ2) is 13.1. The topological polar surface area (TPSA) is 68.1 Å². The van der Waals surface area contributed by atoms with Gasteiger partial charge in [0, 0.05) is 52.3 Å². The molecule has 1 aliphatic heterocycles. The third kappa shape index (κ3) is 5.11. The molecule has 0 spiro atoms. The predicted octanol–water partition coefficient (Wildman–Crippen LogP) is 11.7. The van der Waals surface area contributed by atoms with Crippen LogP contribution in [0.5, 0.6) is 0 Å². The summed E-state index contributed by atoms with van der Waals surface area (Å²) in [5.74, 6) is -0.724. The molecular formula is C50H34N4O2. The molecule has 3 aromatic heterocycles. The molecule has 0 saturated carbocycles. The minimum Gasteiger partial charge on any atom is -0.307 e. The Kier molecular flexibility index (Phi) is 7.78. The summed E-state index contributed by atoms with van der Waals surface area (Å²) in [5.41, 5.74) is 13.6. The van der Waals surface area contributed by atoms with E-state index in [1.165, 1.54) is 4.90 Å². The molecule has 9 aromatic rings. The summed E-state index contributed by atoms with van der Waals surface area (Å²) in [7, 11) is 0. The molecule has 2 amide bonds. The van der Waals surface area contributed by atoms with E-state index in [0.29, 0.717) is 22.5 Å². The quantitative estimate of drug-likeness (QED) is 0.160. The van der Waals surface area contributed by atoms with Crippen molar-refractivity contribution in [2.45, 2.75) is 13.8 Å². The van der Waals surface area contributed by atoms with Gasteiger partial charge in [0.05, 0.1) is 33.5 Å². The van der Waals surface area contributed by atoms with Crippen LogP contribution in [0.15, 0.2) is 170 Å². The van der Waals surface area contributed by atoms with Gasteiger partial charge in [0.25, 0.3) is 11.8 Å². The van der Waals surface area contributed by atoms with Gasteiger partial charge in [-0.25, -0.2) is 4.90 Å². The van der Waals surface area contributed by atoms with Gasteiger partial charge in [0.2, 0.25) is 0 Å². The Morgan fingerprint density at radius 1 is 0.429 bits per heavy atom. The van der Waals surface area contributed by atoms with Crippen molar-refractivity contribution in [1.82, 2.24) is 14.5 Å². The first-order chi connectivity index (χ1) is 27.5. The molecule has 0 radical (unpaired) electrons. The number of hydrogen-bond acceptors (Lipinski definition) is 4. The van der Waals surface area contributed by atoms with Gasteiger partial charge in [-0.2, -0.15) is 0 Å². The van der Waals surface area contributed by atoms with Crippen LogP contribution in [0.3, 0.4) is 0 Å². The first-order valence-electron chi connectivity index (χ1n) is 18.6. The van der Waals surface area contributed by atoms with Crippen molar-refractivity contribution in [2.75, 3.05) is 4.90 Å². The monoisotopic (exact) mass is 722 g/mol. The van der Waals surface area contributed by atoms with Crippen LogP contribution in [0.2, 0.25) is 0 Å². The van der Waals surface area contributed by atoms with Crippen molar-refractivity contribution < 1.29 is 9.59 Å². The fraction of sp³-hybridized carbons (Fsp3) is 0.0400. The van der Waals surface area contributed by atoms with E-state index in [1.807, 2.05) is 128 Å². The molecule has 0 aliphatic carbocycles. The molecule has 56 heavy (non-hydrogen) atoms. The first kappa shape index (κ1) is 33.2. The Bertz CT molecular complexity index is 2940. The standard InChI is InChI=1S/C50H34N4O2/c1-31-29-51-26-24-36(31)39-16-9-18-41-42-19-10-17-40(37-25-27-52-30-32(37)2)48(42)53(47(39)41)44-21-11-20-43-46(44)50(56)54(49(43)55)45-28-35(33-12-5-3-6-13-33)22-23-38(45)34-14-7-4-8-15-34/h3-30H,1-2H3. The van der Waals surface area contributed by atoms with E-state index < -0.39 is 0 Å². The van der Waals surface area contributed by atoms with Gasteiger partial charge >= 0.3 is 0 Å². The number of aromatic nitrogens is 3. The Morgan fingerprint density at radius 2 is 0.982 bits per heavy atom. The van der Waals surface area contributed by atoms with E-state index in [9.17, 15) is 4.79 Å². The lowest BCUT2D eigenvalue weighted by molar-refractivity contribution is 0.0926. The number of para-hydroxylation sites is 2. The minimum atomic E-state index is -0.367. The summed E-state index contributed by atoms with van der Waals surface area (Å²) >= 11 is 0. The molecule has 0 fully saturated rings. The molecule has 266 valence electrons. The molecule has 6 heteroatoms. The molecule has 0 unspecified atom stereocenters. The van der Waals surface area contributed by atoms with Gasteiger partial charge in [0.1, 0.15) is 0 Å². The second-order valence-corrected chi connectivity index (χ2v) is 14.2. The smallest absolute Gasteiger partial charge is 0.268 e. The predicted molar refractivity (Wildman–Crippen MR) is 225 cm³/mol. The third-order valence-electron chi connectivity index (χ3n) is 11.0. The van der Waals surface area contributed by atoms with E-state index in [1.54, 1.807) is 6.07 Å². The number of carbonyl (C=O) groups excluding carboxylic acids is 2. The summed E-state index contributed by atoms with van der Waals surface area (Å²) in [6.07, 6.45) is 7.38. The number of fused-ring (bicyclic) bond motifs is 4. The van der Waals surface area contributed by atoms with Crippen LogP contribution in [0.25, 0.3) is 72.0 Å². The van der Waals surface area contributed by atoms with Gasteiger partial charge in [-0.1, -0.05) is 115 Å². The number of carbonyl (C=O) groups is 2. The highest BCUT2D eigenvalue weighted by Gasteiger charge is 2.41. The fourth-order valence-corrected chi connectivity index (χ4v) is 8.40. The zero-order valence-electron chi connectivity index (χ0n) is 30.8. The van der Waals surface area contributed by atoms with Crippen LogP contribution in [-0.4, -0.2) is 26.3 Å².